The van der Waals surface area contributed by atoms with Crippen LogP contribution in [0.5, 0.6) is 0 Å². The highest BCUT2D eigenvalue weighted by molar-refractivity contribution is 6.07. The van der Waals surface area contributed by atoms with Crippen LogP contribution in [0.3, 0.4) is 0 Å². The van der Waals surface area contributed by atoms with Crippen LogP contribution in [-0.2, 0) is 4.74 Å². The van der Waals surface area contributed by atoms with Gasteiger partial charge in [0.2, 0.25) is 5.56 Å². The van der Waals surface area contributed by atoms with Crippen LogP contribution in [0.1, 0.15) is 47.7 Å². The molecule has 1 aromatic heterocycles. The van der Waals surface area contributed by atoms with Gasteiger partial charge in [0.05, 0.1) is 16.9 Å². The molecule has 1 atom stereocenters. The summed E-state index contributed by atoms with van der Waals surface area (Å²) in [5, 5.41) is 2.62. The molecule has 42 heavy (non-hydrogen) atoms. The van der Waals surface area contributed by atoms with E-state index >= 15 is 4.39 Å². The van der Waals surface area contributed by atoms with Gasteiger partial charge >= 0.3 is 6.09 Å². The normalized spacial score (nSPS) is 20.9. The van der Waals surface area contributed by atoms with Gasteiger partial charge in [0, 0.05) is 75.0 Å². The van der Waals surface area contributed by atoms with Gasteiger partial charge in [-0.25, -0.2) is 26.7 Å². The van der Waals surface area contributed by atoms with Gasteiger partial charge in [-0.2, -0.15) is 0 Å². The van der Waals surface area contributed by atoms with Crippen molar-refractivity contribution >= 4 is 28.9 Å². The second kappa shape index (κ2) is 11.4. The van der Waals surface area contributed by atoms with Gasteiger partial charge in [0.15, 0.2) is 0 Å². The molecule has 5 rings (SSSR count). The summed E-state index contributed by atoms with van der Waals surface area (Å²) in [5.74, 6) is -4.41. The topological polar surface area (TPSA) is 98.0 Å². The monoisotopic (exact) mass is 595 g/mol. The maximum absolute atomic E-state index is 15.6. The van der Waals surface area contributed by atoms with Crippen molar-refractivity contribution in [3.8, 4) is 0 Å². The third kappa shape index (κ3) is 6.13. The lowest BCUT2D eigenvalue weighted by Gasteiger charge is -2.39. The van der Waals surface area contributed by atoms with Crippen molar-refractivity contribution in [2.24, 2.45) is 0 Å². The van der Waals surface area contributed by atoms with E-state index in [9.17, 15) is 31.9 Å². The van der Waals surface area contributed by atoms with Crippen LogP contribution in [0, 0.1) is 5.82 Å². The number of carbonyl (C=O) groups is 2. The molecule has 3 heterocycles. The van der Waals surface area contributed by atoms with Crippen molar-refractivity contribution in [3.05, 3.63) is 63.3 Å². The number of ether oxygens (including phenoxy) is 1. The van der Waals surface area contributed by atoms with Gasteiger partial charge in [-0.15, -0.1) is 0 Å². The maximum atomic E-state index is 15.6. The Morgan fingerprint density at radius 2 is 1.90 bits per heavy atom. The molecule has 1 saturated heterocycles. The molecule has 1 saturated carbocycles. The van der Waals surface area contributed by atoms with E-state index in [1.165, 1.54) is 17.0 Å². The molecule has 2 N–H and O–H groups in total. The molecule has 3 aliphatic rings. The molecule has 226 valence electrons. The van der Waals surface area contributed by atoms with Gasteiger partial charge in [-0.3, -0.25) is 9.59 Å². The number of likely N-dealkylation sites (N-methyl/N-ethyl adjacent to an activating group) is 1. The molecule has 2 amide bonds. The lowest BCUT2D eigenvalue weighted by molar-refractivity contribution is -0.147. The molecule has 2 fully saturated rings. The number of hydrogen-bond donors (Lipinski definition) is 2. The Kier molecular flexibility index (Phi) is 8.01. The van der Waals surface area contributed by atoms with E-state index < -0.39 is 65.8 Å². The first kappa shape index (κ1) is 29.5. The first-order valence-electron chi connectivity index (χ1n) is 13.4. The molecule has 9 nitrogen and oxygen atoms in total. The quantitative estimate of drug-likeness (QED) is 0.479. The molecule has 1 aromatic carbocycles. The van der Waals surface area contributed by atoms with E-state index in [4.69, 9.17) is 4.74 Å². The third-order valence-electron chi connectivity index (χ3n) is 7.91. The number of amides is 2. The zero-order valence-electron chi connectivity index (χ0n) is 22.9. The van der Waals surface area contributed by atoms with Crippen LogP contribution >= 0.6 is 0 Å². The number of pyridine rings is 1. The van der Waals surface area contributed by atoms with E-state index in [1.807, 2.05) is 18.9 Å². The molecule has 0 bridgehead atoms. The zero-order chi connectivity index (χ0) is 30.3. The first-order chi connectivity index (χ1) is 19.8. The summed E-state index contributed by atoms with van der Waals surface area (Å²) in [6.07, 6.45) is -3.35. The highest BCUT2D eigenvalue weighted by Gasteiger charge is 2.48. The Hall–Kier alpha value is -3.94. The number of piperazine rings is 1. The smallest absolute Gasteiger partial charge is 0.410 e. The lowest BCUT2D eigenvalue weighted by atomic mass is 9.91. The number of H-pyrrole nitrogens is 1. The summed E-state index contributed by atoms with van der Waals surface area (Å²) < 4.78 is 74.3. The van der Waals surface area contributed by atoms with E-state index in [-0.39, 0.29) is 30.4 Å². The number of rotatable bonds is 6. The van der Waals surface area contributed by atoms with Crippen LogP contribution in [-0.4, -0.2) is 84.6 Å². The molecule has 0 spiro atoms. The number of alkyl halides is 4. The fraction of sp³-hybridized carbons (Fsp3) is 0.464. The number of nitrogens with one attached hydrogen (secondary N) is 2. The summed E-state index contributed by atoms with van der Waals surface area (Å²) >= 11 is 0. The summed E-state index contributed by atoms with van der Waals surface area (Å²) in [4.78, 5) is 44.8. The molecular formula is C28H30F5N5O4. The third-order valence-corrected chi connectivity index (χ3v) is 7.91. The highest BCUT2D eigenvalue weighted by Crippen LogP contribution is 2.40. The number of nitrogens with zero attached hydrogens (tertiary/aromatic N) is 3. The average Bonchev–Trinajstić information content (AvgIpc) is 3.40. The van der Waals surface area contributed by atoms with Crippen LogP contribution in [0.15, 0.2) is 35.3 Å². The fourth-order valence-electron chi connectivity index (χ4n) is 5.29. The summed E-state index contributed by atoms with van der Waals surface area (Å²) in [5.41, 5.74) is -1.02. The molecule has 1 aliphatic carbocycles. The van der Waals surface area contributed by atoms with Crippen molar-refractivity contribution < 1.29 is 36.3 Å². The Bertz CT molecular complexity index is 1470. The zero-order valence-corrected chi connectivity index (χ0v) is 22.9. The fourth-order valence-corrected chi connectivity index (χ4v) is 5.29. The number of benzene rings is 1. The van der Waals surface area contributed by atoms with Crippen LogP contribution < -0.4 is 15.8 Å². The molecule has 2 aliphatic heterocycles. The van der Waals surface area contributed by atoms with Gasteiger partial charge < -0.3 is 29.7 Å². The summed E-state index contributed by atoms with van der Waals surface area (Å²) in [7, 11) is 1.95. The molecular weight excluding hydrogens is 565 g/mol. The number of anilines is 2. The van der Waals surface area contributed by atoms with Crippen LogP contribution in [0.2, 0.25) is 0 Å². The maximum Gasteiger partial charge on any atom is 0.410 e. The molecule has 0 radical (unpaired) electrons. The molecule has 0 unspecified atom stereocenters. The minimum atomic E-state index is -3.09. The Morgan fingerprint density at radius 1 is 1.17 bits per heavy atom. The summed E-state index contributed by atoms with van der Waals surface area (Å²) in [6, 6.07) is 3.39. The standard InChI is InChI=1S/C28H30F5N5O4/c1-15-13-37(6-5-36(15)2)23-9-21(29)18(16-3-4-38(14-16)27(41)42-17-10-28(32,33)11-17)7-22(23)35-26(40)20-12-34-24(39)8-19(20)25(30)31/h3,7-9,12,15,17,25H,4-6,10-11,13-14H2,1-2H3,(H,34,39)(H,35,40)/t15-/m0/s1. The van der Waals surface area contributed by atoms with Gasteiger partial charge in [0.25, 0.3) is 18.3 Å². The average molecular weight is 596 g/mol. The minimum absolute atomic E-state index is 0.0608. The minimum Gasteiger partial charge on any atom is -0.446 e. The van der Waals surface area contributed by atoms with E-state index in [2.05, 4.69) is 15.2 Å². The van der Waals surface area contributed by atoms with Crippen molar-refractivity contribution in [2.75, 3.05) is 50.0 Å². The number of aromatic amines is 1. The van der Waals surface area contributed by atoms with Crippen molar-refractivity contribution in [1.82, 2.24) is 14.8 Å². The second-order valence-electron chi connectivity index (χ2n) is 10.9. The number of aromatic nitrogens is 1. The van der Waals surface area contributed by atoms with Crippen molar-refractivity contribution in [1.29, 1.82) is 0 Å². The largest absolute Gasteiger partial charge is 0.446 e. The Morgan fingerprint density at radius 3 is 2.57 bits per heavy atom. The predicted octanol–water partition coefficient (Wildman–Crippen LogP) is 4.48. The Balaban J connectivity index is 1.42. The van der Waals surface area contributed by atoms with E-state index in [0.29, 0.717) is 37.0 Å². The molecule has 2 aromatic rings. The second-order valence-corrected chi connectivity index (χ2v) is 10.9. The van der Waals surface area contributed by atoms with Gasteiger partial charge in [-0.1, -0.05) is 6.08 Å². The van der Waals surface area contributed by atoms with E-state index in [1.54, 1.807) is 6.08 Å². The highest BCUT2D eigenvalue weighted by atomic mass is 19.3. The molecule has 14 heteroatoms. The Labute approximate surface area is 237 Å². The van der Waals surface area contributed by atoms with Crippen molar-refractivity contribution in [2.45, 2.75) is 44.3 Å². The van der Waals surface area contributed by atoms with Gasteiger partial charge in [0.1, 0.15) is 11.9 Å². The van der Waals surface area contributed by atoms with Crippen molar-refractivity contribution in [3.63, 3.8) is 0 Å². The SMILES string of the molecule is C[C@H]1CN(c2cc(F)c(C3=CCN(C(=O)OC4CC(F)(F)C4)C3)cc2NC(=O)c2c[nH]c(=O)cc2C(F)F)CCN1C. The number of hydrogen-bond acceptors (Lipinski definition) is 6. The lowest BCUT2D eigenvalue weighted by Crippen LogP contribution is -2.50. The van der Waals surface area contributed by atoms with E-state index in [0.717, 1.165) is 6.20 Å². The predicted molar refractivity (Wildman–Crippen MR) is 145 cm³/mol. The number of halogens is 5. The van der Waals surface area contributed by atoms with Crippen LogP contribution in [0.25, 0.3) is 5.57 Å². The summed E-state index contributed by atoms with van der Waals surface area (Å²) in [6.45, 7) is 3.65. The van der Waals surface area contributed by atoms with Crippen LogP contribution in [0.4, 0.5) is 38.1 Å². The number of carbonyl (C=O) groups excluding carboxylic acids is 2. The first-order valence-corrected chi connectivity index (χ1v) is 13.4. The van der Waals surface area contributed by atoms with Gasteiger partial charge in [-0.05, 0) is 31.7 Å².